The molecule has 5 rings (SSSR count). The Balaban J connectivity index is 1.72. The largest absolute Gasteiger partial charge is 0.508 e. The molecule has 0 radical (unpaired) electrons. The van der Waals surface area contributed by atoms with Crippen molar-refractivity contribution >= 4 is 29.4 Å². The molecule has 3 aliphatic carbocycles. The van der Waals surface area contributed by atoms with Crippen molar-refractivity contribution < 1.29 is 44.4 Å². The van der Waals surface area contributed by atoms with Crippen molar-refractivity contribution in [3.63, 3.8) is 0 Å². The van der Waals surface area contributed by atoms with Crippen LogP contribution < -0.4 is 5.73 Å². The summed E-state index contributed by atoms with van der Waals surface area (Å²) in [6, 6.07) is 4.89. The van der Waals surface area contributed by atoms with Crippen molar-refractivity contribution in [3.05, 3.63) is 58.1 Å². The van der Waals surface area contributed by atoms with E-state index in [-0.39, 0.29) is 35.5 Å². The Morgan fingerprint density at radius 2 is 1.89 bits per heavy atom. The summed E-state index contributed by atoms with van der Waals surface area (Å²) in [6.07, 6.45) is 1.18. The maximum atomic E-state index is 13.8. The van der Waals surface area contributed by atoms with E-state index in [0.29, 0.717) is 16.9 Å². The number of aliphatic hydroxyl groups excluding tert-OH is 2. The normalized spacial score (nSPS) is 27.1. The highest BCUT2D eigenvalue weighted by Gasteiger charge is 2.64. The first-order valence-corrected chi connectivity index (χ1v) is 11.7. The average molecular weight is 523 g/mol. The molecule has 0 aliphatic heterocycles. The van der Waals surface area contributed by atoms with Crippen LogP contribution in [0, 0.1) is 11.8 Å². The Kier molecular flexibility index (Phi) is 5.69. The van der Waals surface area contributed by atoms with Gasteiger partial charge in [-0.05, 0) is 62.7 Å². The number of benzene rings is 1. The lowest BCUT2D eigenvalue weighted by Gasteiger charge is -2.50. The maximum Gasteiger partial charge on any atom is 0.255 e. The number of amides is 1. The number of carbonyl (C=O) groups is 3. The lowest BCUT2D eigenvalue weighted by Crippen LogP contribution is -2.65. The van der Waals surface area contributed by atoms with Gasteiger partial charge in [-0.25, -0.2) is 0 Å². The average Bonchev–Trinajstić information content (AvgIpc) is 3.29. The summed E-state index contributed by atoms with van der Waals surface area (Å²) in [5.41, 5.74) is 2.43. The quantitative estimate of drug-likeness (QED) is 0.145. The van der Waals surface area contributed by atoms with Crippen molar-refractivity contribution in [2.75, 3.05) is 14.1 Å². The summed E-state index contributed by atoms with van der Waals surface area (Å²) in [5.74, 6) is -6.54. The fourth-order valence-electron chi connectivity index (χ4n) is 6.10. The Morgan fingerprint density at radius 3 is 2.53 bits per heavy atom. The van der Waals surface area contributed by atoms with E-state index in [1.54, 1.807) is 18.2 Å². The SMILES string of the molecule is CN(C)[C@H]1C(=O)C(C(N)=O)=C(O)[C@]2(O)C(=O)C3=C(O)c4c(O)ccc(-c5ccc(/C=N/O)o5)c4C[C@@H]3C[C@H]12. The van der Waals surface area contributed by atoms with Gasteiger partial charge in [-0.2, -0.15) is 0 Å². The van der Waals surface area contributed by atoms with Crippen LogP contribution in [0.1, 0.15) is 23.3 Å². The number of furan rings is 1. The van der Waals surface area contributed by atoms with Crippen LogP contribution in [0.25, 0.3) is 17.1 Å². The lowest BCUT2D eigenvalue weighted by molar-refractivity contribution is -0.153. The topological polar surface area (TPSA) is 207 Å². The van der Waals surface area contributed by atoms with Gasteiger partial charge >= 0.3 is 0 Å². The van der Waals surface area contributed by atoms with Crippen LogP contribution in [0.2, 0.25) is 0 Å². The summed E-state index contributed by atoms with van der Waals surface area (Å²) in [6.45, 7) is 0. The number of carbonyl (C=O) groups excluding carboxylic acids is 3. The van der Waals surface area contributed by atoms with E-state index >= 15 is 0 Å². The number of aliphatic hydroxyl groups is 3. The molecule has 3 aliphatic rings. The van der Waals surface area contributed by atoms with Crippen LogP contribution in [-0.4, -0.2) is 80.0 Å². The summed E-state index contributed by atoms with van der Waals surface area (Å²) in [7, 11) is 3.07. The molecular weight excluding hydrogens is 498 g/mol. The molecule has 4 atom stereocenters. The van der Waals surface area contributed by atoms with Crippen LogP contribution in [0.5, 0.6) is 5.75 Å². The first kappa shape index (κ1) is 25.2. The van der Waals surface area contributed by atoms with Gasteiger partial charge in [0.2, 0.25) is 5.78 Å². The minimum absolute atomic E-state index is 0.0264. The van der Waals surface area contributed by atoms with Gasteiger partial charge in [0.1, 0.15) is 40.6 Å². The summed E-state index contributed by atoms with van der Waals surface area (Å²) in [5, 5.41) is 56.2. The zero-order valence-corrected chi connectivity index (χ0v) is 20.4. The monoisotopic (exact) mass is 523 g/mol. The first-order valence-electron chi connectivity index (χ1n) is 11.7. The van der Waals surface area contributed by atoms with E-state index in [1.165, 1.54) is 25.1 Å². The molecule has 12 heteroatoms. The second-order valence-electron chi connectivity index (χ2n) is 9.89. The molecule has 7 N–H and O–H groups in total. The third-order valence-electron chi connectivity index (χ3n) is 7.68. The zero-order valence-electron chi connectivity index (χ0n) is 20.4. The molecule has 0 saturated heterocycles. The highest BCUT2D eigenvalue weighted by molar-refractivity contribution is 6.24. The van der Waals surface area contributed by atoms with Crippen LogP contribution >= 0.6 is 0 Å². The Labute approximate surface area is 215 Å². The van der Waals surface area contributed by atoms with Gasteiger partial charge < -0.3 is 35.8 Å². The standard InChI is InChI=1S/C26H25N3O9/c1-29(2)20-14-8-10-7-13-12(16-6-3-11(38-16)9-28-37)4-5-15(30)18(13)21(31)17(10)23(33)26(14,36)24(34)19(22(20)32)25(27)35/h3-6,9-10,14,20,30-31,34,36-37H,7-8H2,1-2H3,(H2,27,35)/b28-9+/t10-,14-,20-,26-/m1/s1. The predicted molar refractivity (Wildman–Crippen MR) is 131 cm³/mol. The van der Waals surface area contributed by atoms with Crippen molar-refractivity contribution in [2.24, 2.45) is 22.7 Å². The number of phenolic OH excluding ortho intramolecular Hbond substituents is 1. The molecule has 198 valence electrons. The number of hydrogen-bond acceptors (Lipinski definition) is 11. The molecule has 2 aromatic rings. The second-order valence-corrected chi connectivity index (χ2v) is 9.89. The molecule has 0 bridgehead atoms. The van der Waals surface area contributed by atoms with Crippen molar-refractivity contribution in [1.82, 2.24) is 4.90 Å². The molecule has 1 heterocycles. The van der Waals surface area contributed by atoms with Gasteiger partial charge in [0.15, 0.2) is 11.4 Å². The van der Waals surface area contributed by atoms with E-state index < -0.39 is 58.0 Å². The number of nitrogens with zero attached hydrogens (tertiary/aromatic N) is 2. The van der Waals surface area contributed by atoms with Gasteiger partial charge in [0.05, 0.1) is 11.6 Å². The fourth-order valence-corrected chi connectivity index (χ4v) is 6.10. The van der Waals surface area contributed by atoms with Gasteiger partial charge in [-0.3, -0.25) is 19.3 Å². The van der Waals surface area contributed by atoms with Gasteiger partial charge in [0, 0.05) is 17.1 Å². The number of ketones is 2. The van der Waals surface area contributed by atoms with E-state index in [9.17, 15) is 34.8 Å². The smallest absolute Gasteiger partial charge is 0.255 e. The fraction of sp³-hybridized carbons (Fsp3) is 0.308. The first-order chi connectivity index (χ1) is 17.9. The summed E-state index contributed by atoms with van der Waals surface area (Å²) < 4.78 is 5.69. The van der Waals surface area contributed by atoms with E-state index in [0.717, 1.165) is 6.21 Å². The number of phenols is 1. The van der Waals surface area contributed by atoms with Crippen LogP contribution in [-0.2, 0) is 20.8 Å². The van der Waals surface area contributed by atoms with E-state index in [2.05, 4.69) is 5.16 Å². The number of likely N-dealkylation sites (N-methyl/N-ethyl adjacent to an activating group) is 1. The third-order valence-corrected chi connectivity index (χ3v) is 7.68. The number of oxime groups is 1. The number of Topliss-reactive ketones (excluding diaryl/α,β-unsaturated/α-hetero) is 2. The molecule has 38 heavy (non-hydrogen) atoms. The molecule has 0 unspecified atom stereocenters. The minimum atomic E-state index is -2.70. The number of aromatic hydroxyl groups is 1. The molecular formula is C26H25N3O9. The minimum Gasteiger partial charge on any atom is -0.508 e. The van der Waals surface area contributed by atoms with Crippen molar-refractivity contribution in [3.8, 4) is 17.1 Å². The number of nitrogens with two attached hydrogens (primary N) is 1. The molecule has 1 amide bonds. The number of primary amides is 1. The molecule has 1 saturated carbocycles. The van der Waals surface area contributed by atoms with E-state index in [1.807, 2.05) is 0 Å². The second kappa shape index (κ2) is 8.57. The molecule has 12 nitrogen and oxygen atoms in total. The highest BCUT2D eigenvalue weighted by atomic mass is 16.4. The Morgan fingerprint density at radius 1 is 1.18 bits per heavy atom. The van der Waals surface area contributed by atoms with Crippen LogP contribution in [0.4, 0.5) is 0 Å². The molecule has 1 fully saturated rings. The van der Waals surface area contributed by atoms with Crippen LogP contribution in [0.15, 0.2) is 50.7 Å². The molecule has 0 spiro atoms. The Hall–Kier alpha value is -4.42. The van der Waals surface area contributed by atoms with E-state index in [4.69, 9.17) is 15.4 Å². The number of fused-ring (bicyclic) bond motifs is 3. The number of hydrogen-bond donors (Lipinski definition) is 6. The summed E-state index contributed by atoms with van der Waals surface area (Å²) >= 11 is 0. The van der Waals surface area contributed by atoms with Crippen molar-refractivity contribution in [1.29, 1.82) is 0 Å². The lowest BCUT2D eigenvalue weighted by atomic mass is 9.57. The van der Waals surface area contributed by atoms with Crippen molar-refractivity contribution in [2.45, 2.75) is 24.5 Å². The summed E-state index contributed by atoms with van der Waals surface area (Å²) in [4.78, 5) is 40.5. The predicted octanol–water partition coefficient (Wildman–Crippen LogP) is 1.03. The van der Waals surface area contributed by atoms with Gasteiger partial charge in [-0.1, -0.05) is 5.16 Å². The molecule has 1 aromatic carbocycles. The maximum absolute atomic E-state index is 13.8. The Bertz CT molecular complexity index is 1500. The van der Waals surface area contributed by atoms with Gasteiger partial charge in [0.25, 0.3) is 5.91 Å². The zero-order chi connectivity index (χ0) is 27.7. The highest BCUT2D eigenvalue weighted by Crippen LogP contribution is 2.53. The third kappa shape index (κ3) is 3.30. The molecule has 1 aromatic heterocycles. The van der Waals surface area contributed by atoms with Gasteiger partial charge in [-0.15, -0.1) is 0 Å². The number of rotatable bonds is 4. The van der Waals surface area contributed by atoms with Crippen LogP contribution in [0.3, 0.4) is 0 Å².